The maximum atomic E-state index is 2.34. The first-order chi connectivity index (χ1) is 5.79. The first-order valence-corrected chi connectivity index (χ1v) is 5.41. The Morgan fingerprint density at radius 3 is 3.17 bits per heavy atom. The summed E-state index contributed by atoms with van der Waals surface area (Å²) in [6.45, 7) is 4.51. The SMILES string of the molecule is CCc1cc2c(s1)CC(C)C=C2. The molecule has 0 amide bonds. The lowest BCUT2D eigenvalue weighted by Crippen LogP contribution is -1.98. The van der Waals surface area contributed by atoms with Crippen molar-refractivity contribution in [2.45, 2.75) is 26.7 Å². The fourth-order valence-electron chi connectivity index (χ4n) is 1.60. The molecule has 0 saturated heterocycles. The van der Waals surface area contributed by atoms with Crippen molar-refractivity contribution in [3.63, 3.8) is 0 Å². The maximum Gasteiger partial charge on any atom is 0.0126 e. The first kappa shape index (κ1) is 8.06. The van der Waals surface area contributed by atoms with Crippen molar-refractivity contribution >= 4 is 17.4 Å². The summed E-state index contributed by atoms with van der Waals surface area (Å²) in [5, 5.41) is 0. The molecule has 2 rings (SSSR count). The average molecular weight is 178 g/mol. The Labute approximate surface area is 77.9 Å². The van der Waals surface area contributed by atoms with Crippen LogP contribution in [0.25, 0.3) is 6.08 Å². The Kier molecular flexibility index (Phi) is 2.05. The van der Waals surface area contributed by atoms with Gasteiger partial charge in [-0.2, -0.15) is 0 Å². The van der Waals surface area contributed by atoms with Gasteiger partial charge in [-0.05, 0) is 30.4 Å². The second kappa shape index (κ2) is 3.06. The Balaban J connectivity index is 2.37. The first-order valence-electron chi connectivity index (χ1n) is 4.59. The molecule has 1 aliphatic rings. The van der Waals surface area contributed by atoms with Crippen molar-refractivity contribution in [2.75, 3.05) is 0 Å². The van der Waals surface area contributed by atoms with Crippen LogP contribution in [0, 0.1) is 5.92 Å². The van der Waals surface area contributed by atoms with Gasteiger partial charge in [-0.1, -0.05) is 26.0 Å². The highest BCUT2D eigenvalue weighted by molar-refractivity contribution is 7.12. The third kappa shape index (κ3) is 1.34. The molecule has 1 unspecified atom stereocenters. The van der Waals surface area contributed by atoms with Crippen molar-refractivity contribution in [1.29, 1.82) is 0 Å². The van der Waals surface area contributed by atoms with Crippen molar-refractivity contribution in [3.8, 4) is 0 Å². The number of hydrogen-bond donors (Lipinski definition) is 0. The van der Waals surface area contributed by atoms with Gasteiger partial charge in [-0.3, -0.25) is 0 Å². The van der Waals surface area contributed by atoms with Gasteiger partial charge in [0.2, 0.25) is 0 Å². The highest BCUT2D eigenvalue weighted by Crippen LogP contribution is 2.30. The molecule has 64 valence electrons. The molecule has 0 N–H and O–H groups in total. The van der Waals surface area contributed by atoms with Crippen molar-refractivity contribution in [1.82, 2.24) is 0 Å². The normalized spacial score (nSPS) is 21.0. The monoisotopic (exact) mass is 178 g/mol. The minimum absolute atomic E-state index is 0.737. The standard InChI is InChI=1S/C11H14S/c1-3-10-7-9-5-4-8(2)6-11(9)12-10/h4-5,7-8H,3,6H2,1-2H3. The molecule has 1 aliphatic carbocycles. The summed E-state index contributed by atoms with van der Waals surface area (Å²) in [6, 6.07) is 2.34. The molecule has 1 aromatic rings. The summed E-state index contributed by atoms with van der Waals surface area (Å²) in [7, 11) is 0. The molecule has 0 fully saturated rings. The van der Waals surface area contributed by atoms with Crippen LogP contribution in [-0.4, -0.2) is 0 Å². The summed E-state index contributed by atoms with van der Waals surface area (Å²) in [5.74, 6) is 0.737. The lowest BCUT2D eigenvalue weighted by Gasteiger charge is -2.10. The molecule has 0 spiro atoms. The predicted octanol–water partition coefficient (Wildman–Crippen LogP) is 3.52. The summed E-state index contributed by atoms with van der Waals surface area (Å²) in [6.07, 6.45) is 7.02. The van der Waals surface area contributed by atoms with Crippen LogP contribution in [0.5, 0.6) is 0 Å². The number of thiophene rings is 1. The molecule has 0 aliphatic heterocycles. The van der Waals surface area contributed by atoms with Crippen LogP contribution in [0.4, 0.5) is 0 Å². The Morgan fingerprint density at radius 1 is 1.58 bits per heavy atom. The van der Waals surface area contributed by atoms with Crippen LogP contribution < -0.4 is 0 Å². The summed E-state index contributed by atoms with van der Waals surface area (Å²) < 4.78 is 0. The fraction of sp³-hybridized carbons (Fsp3) is 0.455. The molecule has 1 atom stereocenters. The van der Waals surface area contributed by atoms with Crippen molar-refractivity contribution in [2.24, 2.45) is 5.92 Å². The molecule has 1 aromatic heterocycles. The summed E-state index contributed by atoms with van der Waals surface area (Å²) in [5.41, 5.74) is 1.47. The largest absolute Gasteiger partial charge is 0.145 e. The Morgan fingerprint density at radius 2 is 2.42 bits per heavy atom. The lowest BCUT2D eigenvalue weighted by atomic mass is 9.98. The third-order valence-electron chi connectivity index (χ3n) is 2.35. The maximum absolute atomic E-state index is 2.34. The highest BCUT2D eigenvalue weighted by Gasteiger charge is 2.12. The zero-order chi connectivity index (χ0) is 8.55. The topological polar surface area (TPSA) is 0 Å². The second-order valence-electron chi connectivity index (χ2n) is 3.49. The minimum Gasteiger partial charge on any atom is -0.145 e. The van der Waals surface area contributed by atoms with Crippen LogP contribution in [0.2, 0.25) is 0 Å². The van der Waals surface area contributed by atoms with Gasteiger partial charge in [0.1, 0.15) is 0 Å². The molecular formula is C11H14S. The average Bonchev–Trinajstić information content (AvgIpc) is 2.46. The molecule has 1 heterocycles. The van der Waals surface area contributed by atoms with Gasteiger partial charge in [0.15, 0.2) is 0 Å². The highest BCUT2D eigenvalue weighted by atomic mass is 32.1. The van der Waals surface area contributed by atoms with Gasteiger partial charge in [0, 0.05) is 9.75 Å². The van der Waals surface area contributed by atoms with E-state index in [9.17, 15) is 0 Å². The van der Waals surface area contributed by atoms with Crippen molar-refractivity contribution in [3.05, 3.63) is 27.5 Å². The zero-order valence-corrected chi connectivity index (χ0v) is 8.45. The molecule has 0 radical (unpaired) electrons. The second-order valence-corrected chi connectivity index (χ2v) is 4.71. The zero-order valence-electron chi connectivity index (χ0n) is 7.63. The van der Waals surface area contributed by atoms with E-state index in [1.165, 1.54) is 23.3 Å². The van der Waals surface area contributed by atoms with E-state index in [1.807, 2.05) is 11.3 Å². The molecule has 0 saturated carbocycles. The van der Waals surface area contributed by atoms with E-state index in [-0.39, 0.29) is 0 Å². The van der Waals surface area contributed by atoms with Crippen LogP contribution in [0.3, 0.4) is 0 Å². The molecule has 12 heavy (non-hydrogen) atoms. The van der Waals surface area contributed by atoms with E-state index in [0.29, 0.717) is 0 Å². The van der Waals surface area contributed by atoms with Gasteiger partial charge < -0.3 is 0 Å². The number of rotatable bonds is 1. The molecule has 1 heteroatoms. The van der Waals surface area contributed by atoms with E-state index >= 15 is 0 Å². The summed E-state index contributed by atoms with van der Waals surface area (Å²) >= 11 is 1.99. The smallest absolute Gasteiger partial charge is 0.0126 e. The number of aryl methyl sites for hydroxylation is 1. The van der Waals surface area contributed by atoms with Gasteiger partial charge in [0.25, 0.3) is 0 Å². The van der Waals surface area contributed by atoms with Gasteiger partial charge >= 0.3 is 0 Å². The third-order valence-corrected chi connectivity index (χ3v) is 3.67. The fourth-order valence-corrected chi connectivity index (χ4v) is 2.84. The molecule has 0 nitrogen and oxygen atoms in total. The molecule has 0 bridgehead atoms. The van der Waals surface area contributed by atoms with Crippen LogP contribution in [0.15, 0.2) is 12.1 Å². The predicted molar refractivity (Wildman–Crippen MR) is 55.6 cm³/mol. The van der Waals surface area contributed by atoms with Gasteiger partial charge in [-0.25, -0.2) is 0 Å². The van der Waals surface area contributed by atoms with Crippen molar-refractivity contribution < 1.29 is 0 Å². The van der Waals surface area contributed by atoms with E-state index in [0.717, 1.165) is 5.92 Å². The van der Waals surface area contributed by atoms with Crippen LogP contribution >= 0.6 is 11.3 Å². The van der Waals surface area contributed by atoms with E-state index < -0.39 is 0 Å². The Hall–Kier alpha value is -0.560. The van der Waals surface area contributed by atoms with Crippen LogP contribution in [-0.2, 0) is 12.8 Å². The van der Waals surface area contributed by atoms with E-state index in [2.05, 4.69) is 32.1 Å². The summed E-state index contributed by atoms with van der Waals surface area (Å²) in [4.78, 5) is 3.11. The molecule has 0 aromatic carbocycles. The number of hydrogen-bond acceptors (Lipinski definition) is 1. The van der Waals surface area contributed by atoms with Gasteiger partial charge in [0.05, 0.1) is 0 Å². The number of allylic oxidation sites excluding steroid dienone is 1. The number of fused-ring (bicyclic) bond motifs is 1. The van der Waals surface area contributed by atoms with E-state index in [1.54, 1.807) is 4.88 Å². The molecular weight excluding hydrogens is 164 g/mol. The van der Waals surface area contributed by atoms with Gasteiger partial charge in [-0.15, -0.1) is 11.3 Å². The Bertz CT molecular complexity index is 307. The van der Waals surface area contributed by atoms with E-state index in [4.69, 9.17) is 0 Å². The van der Waals surface area contributed by atoms with Crippen LogP contribution in [0.1, 0.15) is 29.2 Å². The quantitative estimate of drug-likeness (QED) is 0.617. The minimum atomic E-state index is 0.737. The lowest BCUT2D eigenvalue weighted by molar-refractivity contribution is 0.727.